The molecule has 0 atom stereocenters. The van der Waals surface area contributed by atoms with Crippen molar-refractivity contribution in [1.82, 2.24) is 19.7 Å². The van der Waals surface area contributed by atoms with Gasteiger partial charge in [-0.25, -0.2) is 9.97 Å². The lowest BCUT2D eigenvalue weighted by Crippen LogP contribution is -2.30. The van der Waals surface area contributed by atoms with Gasteiger partial charge in [-0.3, -0.25) is 4.79 Å². The van der Waals surface area contributed by atoms with Crippen LogP contribution in [0.4, 0.5) is 5.82 Å². The van der Waals surface area contributed by atoms with Crippen molar-refractivity contribution in [3.63, 3.8) is 0 Å². The number of pyridine rings is 1. The molecule has 6 N–H and O–H groups in total. The maximum Gasteiger partial charge on any atom is 0.488 e. The fraction of sp³-hybridized carbons (Fsp3) is 0.208. The Bertz CT molecular complexity index is 1400. The van der Waals surface area contributed by atoms with Crippen molar-refractivity contribution in [2.45, 2.75) is 26.4 Å². The molecular formula is C24H25BN6O3. The molecule has 0 saturated heterocycles. The lowest BCUT2D eigenvalue weighted by molar-refractivity contribution is 0.0994. The second-order valence-corrected chi connectivity index (χ2v) is 8.44. The fourth-order valence-electron chi connectivity index (χ4n) is 4.48. The number of carbonyl (C=O) groups excluding carboxylic acids is 1. The van der Waals surface area contributed by atoms with Crippen molar-refractivity contribution in [2.75, 3.05) is 11.9 Å². The summed E-state index contributed by atoms with van der Waals surface area (Å²) in [6.07, 6.45) is 2.68. The maximum atomic E-state index is 11.9. The quantitative estimate of drug-likeness (QED) is 0.270. The summed E-state index contributed by atoms with van der Waals surface area (Å²) in [5.41, 5.74) is 11.9. The summed E-state index contributed by atoms with van der Waals surface area (Å²) in [5, 5.41) is 25.8. The molecule has 172 valence electrons. The van der Waals surface area contributed by atoms with Crippen LogP contribution in [0.1, 0.15) is 32.9 Å². The molecule has 0 spiro atoms. The van der Waals surface area contributed by atoms with E-state index in [4.69, 9.17) is 15.7 Å². The van der Waals surface area contributed by atoms with Crippen LogP contribution in [0, 0.1) is 6.92 Å². The summed E-state index contributed by atoms with van der Waals surface area (Å²) in [5.74, 6) is 0.827. The topological polar surface area (TPSA) is 138 Å². The average Bonchev–Trinajstić information content (AvgIpc) is 3.18. The van der Waals surface area contributed by atoms with Gasteiger partial charge in [0.05, 0.1) is 11.2 Å². The Labute approximate surface area is 196 Å². The summed E-state index contributed by atoms with van der Waals surface area (Å²) in [6.45, 7) is 3.92. The molecule has 1 aliphatic heterocycles. The van der Waals surface area contributed by atoms with Gasteiger partial charge in [-0.2, -0.15) is 0 Å². The molecule has 0 fully saturated rings. The second kappa shape index (κ2) is 8.90. The number of aromatic nitrogens is 3. The first-order valence-corrected chi connectivity index (χ1v) is 11.1. The minimum atomic E-state index is -1.51. The number of benzene rings is 1. The third-order valence-electron chi connectivity index (χ3n) is 6.12. The number of nitrogens with zero attached hydrogens (tertiary/aromatic N) is 3. The monoisotopic (exact) mass is 456 g/mol. The van der Waals surface area contributed by atoms with Gasteiger partial charge in [-0.15, -0.1) is 0 Å². The zero-order valence-corrected chi connectivity index (χ0v) is 18.7. The van der Waals surface area contributed by atoms with E-state index in [1.165, 1.54) is 0 Å². The number of nitrogens with two attached hydrogens (primary N) is 1. The van der Waals surface area contributed by atoms with Gasteiger partial charge < -0.3 is 30.8 Å². The molecule has 4 aromatic rings. The van der Waals surface area contributed by atoms with Gasteiger partial charge in [0.2, 0.25) is 0 Å². The second-order valence-electron chi connectivity index (χ2n) is 8.44. The van der Waals surface area contributed by atoms with Crippen molar-refractivity contribution in [3.05, 3.63) is 76.7 Å². The van der Waals surface area contributed by atoms with Gasteiger partial charge in [-0.1, -0.05) is 30.3 Å². The van der Waals surface area contributed by atoms with Gasteiger partial charge in [0.1, 0.15) is 11.5 Å². The molecule has 0 bridgehead atoms. The number of amides is 1. The Morgan fingerprint density at radius 2 is 2.06 bits per heavy atom. The number of carbonyl (C=O) groups is 1. The predicted molar refractivity (Wildman–Crippen MR) is 131 cm³/mol. The summed E-state index contributed by atoms with van der Waals surface area (Å²) in [7, 11) is -1.51. The van der Waals surface area contributed by atoms with Crippen LogP contribution in [-0.4, -0.2) is 44.0 Å². The molecule has 10 heteroatoms. The van der Waals surface area contributed by atoms with Gasteiger partial charge in [0.15, 0.2) is 5.82 Å². The molecule has 1 amide bonds. The Kier molecular flexibility index (Phi) is 5.78. The highest BCUT2D eigenvalue weighted by Gasteiger charge is 2.22. The third kappa shape index (κ3) is 4.03. The number of hydrogen-bond acceptors (Lipinski definition) is 7. The summed E-state index contributed by atoms with van der Waals surface area (Å²) in [6, 6.07) is 12.6. The highest BCUT2D eigenvalue weighted by molar-refractivity contribution is 6.58. The van der Waals surface area contributed by atoms with E-state index in [2.05, 4.69) is 10.6 Å². The van der Waals surface area contributed by atoms with Crippen LogP contribution in [-0.2, 0) is 19.5 Å². The summed E-state index contributed by atoms with van der Waals surface area (Å²) < 4.78 is 1.78. The molecule has 0 aliphatic carbocycles. The first kappa shape index (κ1) is 22.1. The van der Waals surface area contributed by atoms with Gasteiger partial charge >= 0.3 is 7.12 Å². The van der Waals surface area contributed by atoms with Crippen LogP contribution in [0.2, 0.25) is 0 Å². The van der Waals surface area contributed by atoms with E-state index in [1.54, 1.807) is 34.7 Å². The van der Waals surface area contributed by atoms with Crippen molar-refractivity contribution < 1.29 is 14.8 Å². The van der Waals surface area contributed by atoms with Crippen molar-refractivity contribution in [2.24, 2.45) is 5.73 Å². The number of aryl methyl sites for hydroxylation is 1. The number of anilines is 1. The first-order valence-electron chi connectivity index (χ1n) is 11.1. The molecule has 9 nitrogen and oxygen atoms in total. The Morgan fingerprint density at radius 1 is 1.24 bits per heavy atom. The Balaban J connectivity index is 1.57. The highest BCUT2D eigenvalue weighted by atomic mass is 16.4. The zero-order chi connectivity index (χ0) is 23.8. The lowest BCUT2D eigenvalue weighted by atomic mass is 9.79. The maximum absolute atomic E-state index is 11.9. The van der Waals surface area contributed by atoms with Crippen LogP contribution in [0.3, 0.4) is 0 Å². The third-order valence-corrected chi connectivity index (χ3v) is 6.12. The Hall–Kier alpha value is -3.73. The predicted octanol–water partition coefficient (Wildman–Crippen LogP) is 0.741. The largest absolute Gasteiger partial charge is 0.488 e. The molecule has 1 aliphatic rings. The standard InChI is InChI=1S/C24H25BN6O3/c1-14-13-31-19(6-3-7-20(31)22(26)32)21(14)24-29-18-12-27-9-8-17(18)23(30-24)28-11-15-4-2-5-16(10-15)25(33)34/h2-7,10,13,27,33-34H,8-9,11-12H2,1H3,(H2,26,32)(H,28,29,30). The molecule has 0 unspecified atom stereocenters. The van der Waals surface area contributed by atoms with Gasteiger partial charge in [0, 0.05) is 30.4 Å². The van der Waals surface area contributed by atoms with Crippen molar-refractivity contribution in [1.29, 1.82) is 0 Å². The molecule has 0 saturated carbocycles. The van der Waals surface area contributed by atoms with E-state index >= 15 is 0 Å². The number of primary amides is 1. The highest BCUT2D eigenvalue weighted by Crippen LogP contribution is 2.31. The minimum Gasteiger partial charge on any atom is -0.423 e. The molecule has 5 rings (SSSR count). The molecular weight excluding hydrogens is 431 g/mol. The number of hydrogen-bond donors (Lipinski definition) is 5. The SMILES string of the molecule is Cc1cn2c(C(N)=O)cccc2c1-c1nc2c(c(NCc3cccc(B(O)O)c3)n1)CCNC2. The van der Waals surface area contributed by atoms with Crippen LogP contribution in [0.15, 0.2) is 48.7 Å². The summed E-state index contributed by atoms with van der Waals surface area (Å²) in [4.78, 5) is 21.7. The van der Waals surface area contributed by atoms with Crippen LogP contribution < -0.4 is 21.8 Å². The van der Waals surface area contributed by atoms with E-state index in [-0.39, 0.29) is 0 Å². The van der Waals surface area contributed by atoms with Gasteiger partial charge in [-0.05, 0) is 48.6 Å². The van der Waals surface area contributed by atoms with E-state index in [1.807, 2.05) is 25.3 Å². The van der Waals surface area contributed by atoms with Crippen molar-refractivity contribution >= 4 is 29.8 Å². The number of fused-ring (bicyclic) bond motifs is 2. The molecule has 4 heterocycles. The fourth-order valence-corrected chi connectivity index (χ4v) is 4.48. The zero-order valence-electron chi connectivity index (χ0n) is 18.7. The normalized spacial score (nSPS) is 13.0. The molecule has 0 radical (unpaired) electrons. The first-order chi connectivity index (χ1) is 16.4. The molecule has 34 heavy (non-hydrogen) atoms. The number of nitrogens with one attached hydrogen (secondary N) is 2. The van der Waals surface area contributed by atoms with E-state index < -0.39 is 13.0 Å². The minimum absolute atomic E-state index is 0.399. The van der Waals surface area contributed by atoms with E-state index in [9.17, 15) is 14.8 Å². The summed E-state index contributed by atoms with van der Waals surface area (Å²) >= 11 is 0. The molecule has 1 aromatic carbocycles. The van der Waals surface area contributed by atoms with Crippen LogP contribution in [0.5, 0.6) is 0 Å². The van der Waals surface area contributed by atoms with E-state index in [0.29, 0.717) is 30.1 Å². The average molecular weight is 456 g/mol. The number of rotatable bonds is 6. The smallest absolute Gasteiger partial charge is 0.423 e. The van der Waals surface area contributed by atoms with Gasteiger partial charge in [0.25, 0.3) is 5.91 Å². The van der Waals surface area contributed by atoms with Crippen LogP contribution >= 0.6 is 0 Å². The molecule has 3 aromatic heterocycles. The Morgan fingerprint density at radius 3 is 2.85 bits per heavy atom. The lowest BCUT2D eigenvalue weighted by Gasteiger charge is -2.21. The van der Waals surface area contributed by atoms with Crippen molar-refractivity contribution in [3.8, 4) is 11.4 Å². The van der Waals surface area contributed by atoms with Crippen LogP contribution in [0.25, 0.3) is 16.9 Å². The van der Waals surface area contributed by atoms with E-state index in [0.717, 1.165) is 52.2 Å².